The lowest BCUT2D eigenvalue weighted by molar-refractivity contribution is -0.137. The summed E-state index contributed by atoms with van der Waals surface area (Å²) in [6.45, 7) is 0. The van der Waals surface area contributed by atoms with E-state index in [1.54, 1.807) is 33.4 Å². The molecule has 338 valence electrons. The monoisotopic (exact) mass is 932 g/mol. The number of hydrogen-bond donors (Lipinski definition) is 0. The average Bonchev–Trinajstić information content (AvgIpc) is 4.15. The first kappa shape index (κ1) is 41.2. The van der Waals surface area contributed by atoms with Crippen molar-refractivity contribution in [2.45, 2.75) is 6.18 Å². The van der Waals surface area contributed by atoms with E-state index in [1.165, 1.54) is 6.07 Å². The molecule has 4 heterocycles. The van der Waals surface area contributed by atoms with Crippen molar-refractivity contribution in [2.75, 3.05) is 0 Å². The Morgan fingerprint density at radius 3 is 0.931 bits per heavy atom. The lowest BCUT2D eigenvalue weighted by atomic mass is 9.96. The molecule has 0 bridgehead atoms. The zero-order valence-electron chi connectivity index (χ0n) is 38.0. The van der Waals surface area contributed by atoms with E-state index < -0.39 is 11.7 Å². The maximum atomic E-state index is 16.8. The summed E-state index contributed by atoms with van der Waals surface area (Å²) in [7, 11) is 0. The van der Waals surface area contributed by atoms with Crippen LogP contribution < -0.4 is 0 Å². The molecule has 6 nitrogen and oxygen atoms in total. The van der Waals surface area contributed by atoms with Crippen LogP contribution in [0.25, 0.3) is 121 Å². The van der Waals surface area contributed by atoms with Gasteiger partial charge in [-0.3, -0.25) is 0 Å². The van der Waals surface area contributed by atoms with Gasteiger partial charge in [0, 0.05) is 54.5 Å². The van der Waals surface area contributed by atoms with E-state index in [2.05, 4.69) is 81.9 Å². The normalized spacial score (nSPS) is 12.1. The summed E-state index contributed by atoms with van der Waals surface area (Å²) < 4.78 is 58.4. The number of benzene rings is 10. The highest BCUT2D eigenvalue weighted by Crippen LogP contribution is 2.47. The Morgan fingerprint density at radius 1 is 0.306 bits per heavy atom. The highest BCUT2D eigenvalue weighted by molar-refractivity contribution is 6.14. The zero-order chi connectivity index (χ0) is 48.4. The molecule has 9 heteroatoms. The number of fused-ring (bicyclic) bond motifs is 12. The van der Waals surface area contributed by atoms with Crippen LogP contribution in [0, 0.1) is 22.7 Å². The second-order valence-corrected chi connectivity index (χ2v) is 18.3. The van der Waals surface area contributed by atoms with E-state index in [0.717, 1.165) is 76.5 Å². The van der Waals surface area contributed by atoms with Gasteiger partial charge in [-0.15, -0.1) is 0 Å². The van der Waals surface area contributed by atoms with E-state index in [-0.39, 0.29) is 22.5 Å². The van der Waals surface area contributed by atoms with E-state index in [0.29, 0.717) is 33.2 Å². The molecule has 0 fully saturated rings. The molecule has 0 aliphatic carbocycles. The minimum atomic E-state index is -4.89. The summed E-state index contributed by atoms with van der Waals surface area (Å²) >= 11 is 0. The fourth-order valence-electron chi connectivity index (χ4n) is 11.5. The molecule has 0 spiro atoms. The molecule has 0 amide bonds. The number of para-hydroxylation sites is 6. The number of nitrogens with zero attached hydrogens (tertiary/aromatic N) is 6. The molecule has 10 aromatic carbocycles. The number of alkyl halides is 3. The molecular formula is C63H35F3N6. The Balaban J connectivity index is 1.08. The van der Waals surface area contributed by atoms with E-state index in [4.69, 9.17) is 0 Å². The van der Waals surface area contributed by atoms with Gasteiger partial charge in [-0.2, -0.15) is 23.7 Å². The predicted octanol–water partition coefficient (Wildman–Crippen LogP) is 16.5. The molecule has 0 unspecified atom stereocenters. The summed E-state index contributed by atoms with van der Waals surface area (Å²) in [4.78, 5) is 0. The topological polar surface area (TPSA) is 67.3 Å². The number of rotatable bonds is 5. The fourth-order valence-corrected chi connectivity index (χ4v) is 11.5. The second-order valence-electron chi connectivity index (χ2n) is 18.3. The van der Waals surface area contributed by atoms with Gasteiger partial charge >= 0.3 is 6.18 Å². The number of aromatic nitrogens is 4. The Morgan fingerprint density at radius 2 is 0.597 bits per heavy atom. The van der Waals surface area contributed by atoms with Crippen LogP contribution in [0.1, 0.15) is 16.7 Å². The lowest BCUT2D eigenvalue weighted by Crippen LogP contribution is -2.16. The van der Waals surface area contributed by atoms with Crippen LogP contribution in [0.5, 0.6) is 0 Å². The number of nitriles is 2. The molecule has 0 radical (unpaired) electrons. The molecule has 0 saturated heterocycles. The molecule has 14 rings (SSSR count). The summed E-state index contributed by atoms with van der Waals surface area (Å²) in [5.41, 5.74) is 8.38. The van der Waals surface area contributed by atoms with Crippen molar-refractivity contribution >= 4 is 87.2 Å². The van der Waals surface area contributed by atoms with E-state index in [9.17, 15) is 10.5 Å². The van der Waals surface area contributed by atoms with Gasteiger partial charge in [0.2, 0.25) is 0 Å². The zero-order valence-corrected chi connectivity index (χ0v) is 38.0. The van der Waals surface area contributed by atoms with Gasteiger partial charge in [0.25, 0.3) is 0 Å². The first-order chi connectivity index (χ1) is 35.3. The lowest BCUT2D eigenvalue weighted by Gasteiger charge is -2.23. The van der Waals surface area contributed by atoms with Crippen molar-refractivity contribution in [3.05, 3.63) is 229 Å². The van der Waals surface area contributed by atoms with Crippen LogP contribution in [0.2, 0.25) is 0 Å². The molecule has 0 saturated carbocycles. The smallest absolute Gasteiger partial charge is 0.309 e. The van der Waals surface area contributed by atoms with Gasteiger partial charge in [0.15, 0.2) is 0 Å². The van der Waals surface area contributed by atoms with Crippen molar-refractivity contribution in [2.24, 2.45) is 0 Å². The first-order valence-corrected chi connectivity index (χ1v) is 23.5. The quantitative estimate of drug-likeness (QED) is 0.173. The minimum Gasteiger partial charge on any atom is -0.309 e. The van der Waals surface area contributed by atoms with Gasteiger partial charge in [-0.1, -0.05) is 109 Å². The van der Waals surface area contributed by atoms with Crippen LogP contribution in [0.15, 0.2) is 212 Å². The van der Waals surface area contributed by atoms with Crippen LogP contribution >= 0.6 is 0 Å². The van der Waals surface area contributed by atoms with Gasteiger partial charge in [-0.05, 0) is 114 Å². The molecular weight excluding hydrogens is 898 g/mol. The number of hydrogen-bond acceptors (Lipinski definition) is 2. The van der Waals surface area contributed by atoms with Crippen molar-refractivity contribution in [3.63, 3.8) is 0 Å². The molecule has 72 heavy (non-hydrogen) atoms. The van der Waals surface area contributed by atoms with Crippen molar-refractivity contribution in [1.82, 2.24) is 18.3 Å². The highest BCUT2D eigenvalue weighted by atomic mass is 19.4. The molecule has 14 aromatic rings. The van der Waals surface area contributed by atoms with Gasteiger partial charge in [-0.25, -0.2) is 0 Å². The predicted molar refractivity (Wildman–Crippen MR) is 284 cm³/mol. The third-order valence-corrected chi connectivity index (χ3v) is 14.4. The Hall–Kier alpha value is -9.83. The van der Waals surface area contributed by atoms with Crippen molar-refractivity contribution in [1.29, 1.82) is 10.5 Å². The summed E-state index contributed by atoms with van der Waals surface area (Å²) in [5.74, 6) is 0. The molecule has 4 aromatic heterocycles. The maximum absolute atomic E-state index is 16.8. The maximum Gasteiger partial charge on any atom is 0.420 e. The van der Waals surface area contributed by atoms with Gasteiger partial charge in [0.05, 0.1) is 78.8 Å². The van der Waals surface area contributed by atoms with Crippen LogP contribution in [0.3, 0.4) is 0 Å². The fraction of sp³-hybridized carbons (Fsp3) is 0.0159. The Kier molecular flexibility index (Phi) is 8.77. The SMILES string of the molecule is N#Cc1cc(C#N)cc(-c2cc(-n3c4ccccc4c4cc(-n5c6ccccc6c6ccccc65)ccc43)c(C(F)(F)F)c(-n3c4ccccc4c4cc(-n5c6ccccc6c6ccccc65)ccc43)c2)c1. The first-order valence-electron chi connectivity index (χ1n) is 23.5. The molecule has 0 aliphatic rings. The van der Waals surface area contributed by atoms with Crippen molar-refractivity contribution in [3.8, 4) is 46.0 Å². The summed E-state index contributed by atoms with van der Waals surface area (Å²) in [6.07, 6.45) is -4.89. The largest absolute Gasteiger partial charge is 0.420 e. The Labute approximate surface area is 408 Å². The van der Waals surface area contributed by atoms with Crippen LogP contribution in [-0.2, 0) is 6.18 Å². The Bertz CT molecular complexity index is 4330. The van der Waals surface area contributed by atoms with Crippen molar-refractivity contribution < 1.29 is 13.2 Å². The highest BCUT2D eigenvalue weighted by Gasteiger charge is 2.40. The third kappa shape index (κ3) is 5.95. The third-order valence-electron chi connectivity index (χ3n) is 14.4. The molecule has 0 atom stereocenters. The summed E-state index contributed by atoms with van der Waals surface area (Å²) in [5, 5.41) is 27.8. The van der Waals surface area contributed by atoms with E-state index in [1.807, 2.05) is 121 Å². The molecule has 0 N–H and O–H groups in total. The second kappa shape index (κ2) is 15.3. The van der Waals surface area contributed by atoms with Gasteiger partial charge in [0.1, 0.15) is 5.56 Å². The minimum absolute atomic E-state index is 0.0977. The molecule has 0 aliphatic heterocycles. The van der Waals surface area contributed by atoms with E-state index >= 15 is 13.2 Å². The average molecular weight is 933 g/mol. The summed E-state index contributed by atoms with van der Waals surface area (Å²) in [6, 6.07) is 72.2. The standard InChI is InChI=1S/C63H35F3N6/c64-63(65,66)62-60(71-56-23-11-5-17-48(56)50-34-42(25-27-58(50)71)69-52-19-7-1-13-44(52)45-14-2-8-20-53(45)69)32-41(40-30-38(36-67)29-39(31-40)37-68)33-61(62)72-57-24-12-6-18-49(57)51-35-43(26-28-59(51)72)70-54-21-9-3-15-46(54)47-16-4-10-22-55(47)70/h1-35H. The van der Waals surface area contributed by atoms with Gasteiger partial charge < -0.3 is 18.3 Å². The number of halogens is 3. The van der Waals surface area contributed by atoms with Crippen LogP contribution in [0.4, 0.5) is 13.2 Å². The van der Waals surface area contributed by atoms with Crippen LogP contribution in [-0.4, -0.2) is 18.3 Å².